The molecule has 0 amide bonds. The largest absolute Gasteiger partial charge is 0.396 e. The second-order valence-corrected chi connectivity index (χ2v) is 7.36. The fourth-order valence-electron chi connectivity index (χ4n) is 4.17. The van der Waals surface area contributed by atoms with Gasteiger partial charge in [-0.1, -0.05) is 6.07 Å². The van der Waals surface area contributed by atoms with Crippen molar-refractivity contribution in [2.24, 2.45) is 5.92 Å². The zero-order valence-electron chi connectivity index (χ0n) is 14.4. The quantitative estimate of drug-likeness (QED) is 0.894. The average molecular weight is 318 g/mol. The van der Waals surface area contributed by atoms with Gasteiger partial charge in [-0.15, -0.1) is 0 Å². The third-order valence-electron chi connectivity index (χ3n) is 5.54. The van der Waals surface area contributed by atoms with Gasteiger partial charge in [-0.3, -0.25) is 4.90 Å². The molecule has 0 saturated carbocycles. The van der Waals surface area contributed by atoms with E-state index in [1.807, 2.05) is 0 Å². The van der Waals surface area contributed by atoms with Crippen LogP contribution in [0, 0.1) is 19.8 Å². The van der Waals surface area contributed by atoms with Gasteiger partial charge in [0.2, 0.25) is 0 Å². The van der Waals surface area contributed by atoms with Crippen LogP contribution < -0.4 is 4.90 Å². The molecule has 23 heavy (non-hydrogen) atoms. The predicted octanol–water partition coefficient (Wildman–Crippen LogP) is 1.95. The second kappa shape index (κ2) is 7.20. The van der Waals surface area contributed by atoms with Crippen LogP contribution in [0.25, 0.3) is 0 Å². The molecule has 128 valence electrons. The number of anilines is 1. The number of nitrogens with zero attached hydrogens (tertiary/aromatic N) is 2. The Kier molecular flexibility index (Phi) is 5.24. The Bertz CT molecular complexity index is 506. The number of aliphatic hydroxyl groups excluding tert-OH is 2. The first-order valence-corrected chi connectivity index (χ1v) is 8.93. The van der Waals surface area contributed by atoms with E-state index in [0.29, 0.717) is 6.04 Å². The van der Waals surface area contributed by atoms with E-state index >= 15 is 0 Å². The molecule has 0 aromatic heterocycles. The topological polar surface area (TPSA) is 46.9 Å². The molecular formula is C19H30N2O2. The van der Waals surface area contributed by atoms with Gasteiger partial charge in [0.15, 0.2) is 0 Å². The molecule has 1 aromatic carbocycles. The fraction of sp³-hybridized carbons (Fsp3) is 0.684. The minimum atomic E-state index is -0.369. The maximum atomic E-state index is 10.1. The Morgan fingerprint density at radius 1 is 1.00 bits per heavy atom. The van der Waals surface area contributed by atoms with Gasteiger partial charge in [0.25, 0.3) is 0 Å². The maximum absolute atomic E-state index is 10.1. The lowest BCUT2D eigenvalue weighted by molar-refractivity contribution is -0.0198. The van der Waals surface area contributed by atoms with Gasteiger partial charge in [-0.25, -0.2) is 0 Å². The highest BCUT2D eigenvalue weighted by atomic mass is 16.3. The lowest BCUT2D eigenvalue weighted by atomic mass is 9.91. The van der Waals surface area contributed by atoms with Gasteiger partial charge in [0.1, 0.15) is 0 Å². The number of likely N-dealkylation sites (tertiary alicyclic amines) is 1. The summed E-state index contributed by atoms with van der Waals surface area (Å²) in [5.41, 5.74) is 4.01. The number of hydrogen-bond acceptors (Lipinski definition) is 4. The normalized spacial score (nSPS) is 27.4. The molecule has 4 nitrogen and oxygen atoms in total. The van der Waals surface area contributed by atoms with Crippen LogP contribution in [-0.4, -0.2) is 60.0 Å². The summed E-state index contributed by atoms with van der Waals surface area (Å²) in [5.74, 6) is 0.0709. The van der Waals surface area contributed by atoms with Crippen molar-refractivity contribution < 1.29 is 10.2 Å². The summed E-state index contributed by atoms with van der Waals surface area (Å²) in [5, 5.41) is 19.4. The van der Waals surface area contributed by atoms with E-state index in [-0.39, 0.29) is 18.6 Å². The lowest BCUT2D eigenvalue weighted by Crippen LogP contribution is -2.52. The van der Waals surface area contributed by atoms with Crippen molar-refractivity contribution in [3.8, 4) is 0 Å². The SMILES string of the molecule is Cc1cc(C)cc(N2CCC(N3CC[C@H](CO)[C@H](O)C3)CC2)c1. The van der Waals surface area contributed by atoms with Gasteiger partial charge in [-0.2, -0.15) is 0 Å². The van der Waals surface area contributed by atoms with Crippen molar-refractivity contribution in [1.82, 2.24) is 4.90 Å². The van der Waals surface area contributed by atoms with Crippen molar-refractivity contribution in [3.63, 3.8) is 0 Å². The molecule has 0 unspecified atom stereocenters. The van der Waals surface area contributed by atoms with Crippen molar-refractivity contribution >= 4 is 5.69 Å². The third kappa shape index (κ3) is 3.87. The van der Waals surface area contributed by atoms with E-state index in [0.717, 1.165) is 45.4 Å². The zero-order chi connectivity index (χ0) is 16.4. The van der Waals surface area contributed by atoms with Crippen LogP contribution in [0.2, 0.25) is 0 Å². The van der Waals surface area contributed by atoms with E-state index in [9.17, 15) is 10.2 Å². The van der Waals surface area contributed by atoms with Crippen molar-refractivity contribution in [1.29, 1.82) is 0 Å². The minimum Gasteiger partial charge on any atom is -0.396 e. The third-order valence-corrected chi connectivity index (χ3v) is 5.54. The molecule has 2 atom stereocenters. The van der Waals surface area contributed by atoms with Crippen molar-refractivity contribution in [2.75, 3.05) is 37.7 Å². The Morgan fingerprint density at radius 3 is 2.22 bits per heavy atom. The lowest BCUT2D eigenvalue weighted by Gasteiger charge is -2.43. The molecule has 0 spiro atoms. The molecule has 1 aromatic rings. The van der Waals surface area contributed by atoms with Crippen LogP contribution in [0.4, 0.5) is 5.69 Å². The summed E-state index contributed by atoms with van der Waals surface area (Å²) in [7, 11) is 0. The molecule has 2 aliphatic heterocycles. The van der Waals surface area contributed by atoms with E-state index in [2.05, 4.69) is 41.8 Å². The summed E-state index contributed by atoms with van der Waals surface area (Å²) in [6, 6.07) is 7.36. The van der Waals surface area contributed by atoms with Gasteiger partial charge >= 0.3 is 0 Å². The minimum absolute atomic E-state index is 0.0709. The molecule has 4 heteroatoms. The van der Waals surface area contributed by atoms with Crippen LogP contribution in [0.3, 0.4) is 0 Å². The van der Waals surface area contributed by atoms with E-state index in [4.69, 9.17) is 0 Å². The Balaban J connectivity index is 1.56. The van der Waals surface area contributed by atoms with Crippen LogP contribution >= 0.6 is 0 Å². The Hall–Kier alpha value is -1.10. The molecule has 2 N–H and O–H groups in total. The standard InChI is InChI=1S/C19H30N2O2/c1-14-9-15(2)11-18(10-14)20-7-4-17(5-8-20)21-6-3-16(13-22)19(23)12-21/h9-11,16-17,19,22-23H,3-8,12-13H2,1-2H3/t16-,19-/m1/s1. The first-order chi connectivity index (χ1) is 11.1. The number of aryl methyl sites for hydroxylation is 2. The Morgan fingerprint density at radius 2 is 1.65 bits per heavy atom. The number of β-amino-alcohol motifs (C(OH)–C–C–N with tert-alkyl or cyclic N) is 1. The number of benzene rings is 1. The van der Waals surface area contributed by atoms with Crippen LogP contribution in [0.1, 0.15) is 30.4 Å². The second-order valence-electron chi connectivity index (χ2n) is 7.36. The highest BCUT2D eigenvalue weighted by molar-refractivity contribution is 5.51. The summed E-state index contributed by atoms with van der Waals surface area (Å²) in [4.78, 5) is 4.93. The van der Waals surface area contributed by atoms with Gasteiger partial charge < -0.3 is 15.1 Å². The van der Waals surface area contributed by atoms with Crippen molar-refractivity contribution in [2.45, 2.75) is 45.3 Å². The summed E-state index contributed by atoms with van der Waals surface area (Å²) < 4.78 is 0. The van der Waals surface area contributed by atoms with Gasteiger partial charge in [0, 0.05) is 43.9 Å². The molecular weight excluding hydrogens is 288 g/mol. The van der Waals surface area contributed by atoms with Crippen LogP contribution in [-0.2, 0) is 0 Å². The molecule has 2 saturated heterocycles. The number of rotatable bonds is 3. The highest BCUT2D eigenvalue weighted by Gasteiger charge is 2.32. The number of aliphatic hydroxyl groups is 2. The summed E-state index contributed by atoms with van der Waals surface area (Å²) in [6.07, 6.45) is 2.85. The first-order valence-electron chi connectivity index (χ1n) is 8.93. The van der Waals surface area contributed by atoms with E-state index in [1.54, 1.807) is 0 Å². The molecule has 2 heterocycles. The molecule has 2 fully saturated rings. The van der Waals surface area contributed by atoms with Gasteiger partial charge in [0.05, 0.1) is 6.10 Å². The summed E-state index contributed by atoms with van der Waals surface area (Å²) >= 11 is 0. The molecule has 3 rings (SSSR count). The predicted molar refractivity (Wildman–Crippen MR) is 93.9 cm³/mol. The molecule has 0 aliphatic carbocycles. The smallest absolute Gasteiger partial charge is 0.0717 e. The monoisotopic (exact) mass is 318 g/mol. The summed E-state index contributed by atoms with van der Waals surface area (Å²) in [6.45, 7) is 8.34. The zero-order valence-corrected chi connectivity index (χ0v) is 14.4. The number of piperidine rings is 2. The van der Waals surface area contributed by atoms with E-state index in [1.165, 1.54) is 16.8 Å². The average Bonchev–Trinajstić information content (AvgIpc) is 2.54. The first kappa shape index (κ1) is 16.7. The maximum Gasteiger partial charge on any atom is 0.0717 e. The molecule has 0 radical (unpaired) electrons. The van der Waals surface area contributed by atoms with Crippen LogP contribution in [0.5, 0.6) is 0 Å². The fourth-order valence-corrected chi connectivity index (χ4v) is 4.17. The van der Waals surface area contributed by atoms with E-state index < -0.39 is 0 Å². The number of hydrogen-bond donors (Lipinski definition) is 2. The van der Waals surface area contributed by atoms with Crippen LogP contribution in [0.15, 0.2) is 18.2 Å². The van der Waals surface area contributed by atoms with Gasteiger partial charge in [-0.05, 0) is 62.9 Å². The Labute approximate surface area is 139 Å². The molecule has 2 aliphatic rings. The highest BCUT2D eigenvalue weighted by Crippen LogP contribution is 2.27. The van der Waals surface area contributed by atoms with Crippen molar-refractivity contribution in [3.05, 3.63) is 29.3 Å². The molecule has 0 bridgehead atoms.